The first-order valence-corrected chi connectivity index (χ1v) is 12.2. The van der Waals surface area contributed by atoms with Crippen molar-refractivity contribution >= 4 is 21.9 Å². The zero-order valence-electron chi connectivity index (χ0n) is 18.8. The Hall–Kier alpha value is -2.71. The first-order valence-electron chi connectivity index (χ1n) is 10.8. The Morgan fingerprint density at radius 2 is 1.66 bits per heavy atom. The summed E-state index contributed by atoms with van der Waals surface area (Å²) >= 11 is 0. The maximum absolute atomic E-state index is 13.0. The topological polar surface area (TPSA) is 84.0 Å². The van der Waals surface area contributed by atoms with E-state index in [1.807, 2.05) is 50.2 Å². The van der Waals surface area contributed by atoms with Crippen LogP contribution in [0.4, 0.5) is 0 Å². The molecule has 1 saturated heterocycles. The van der Waals surface area contributed by atoms with Gasteiger partial charge in [-0.05, 0) is 37.5 Å². The van der Waals surface area contributed by atoms with Crippen LogP contribution in [-0.4, -0.2) is 62.3 Å². The zero-order valence-corrected chi connectivity index (χ0v) is 19.6. The Labute approximate surface area is 190 Å². The van der Waals surface area contributed by atoms with E-state index in [4.69, 9.17) is 4.74 Å². The summed E-state index contributed by atoms with van der Waals surface area (Å²) in [5.41, 5.74) is 2.57. The highest BCUT2D eigenvalue weighted by atomic mass is 32.2. The van der Waals surface area contributed by atoms with Crippen molar-refractivity contribution in [3.05, 3.63) is 65.2 Å². The molecule has 3 rings (SSSR count). The minimum absolute atomic E-state index is 0.205. The Kier molecular flexibility index (Phi) is 7.69. The molecule has 172 valence electrons. The van der Waals surface area contributed by atoms with Gasteiger partial charge in [0.1, 0.15) is 0 Å². The molecule has 32 heavy (non-hydrogen) atoms. The number of nitrogens with zero attached hydrogens (tertiary/aromatic N) is 2. The van der Waals surface area contributed by atoms with Gasteiger partial charge in [-0.1, -0.05) is 55.0 Å². The molecule has 1 atom stereocenters. The largest absolute Gasteiger partial charge is 0.455 e. The third-order valence-corrected chi connectivity index (χ3v) is 7.83. The number of hydrogen-bond acceptors (Lipinski definition) is 5. The number of ether oxygens (including phenoxy) is 1. The predicted octanol–water partition coefficient (Wildman–Crippen LogP) is 2.87. The summed E-state index contributed by atoms with van der Waals surface area (Å²) in [6.45, 7) is 6.19. The Morgan fingerprint density at radius 3 is 2.25 bits per heavy atom. The smallest absolute Gasteiger partial charge is 0.313 e. The molecule has 1 fully saturated rings. The van der Waals surface area contributed by atoms with E-state index in [1.165, 1.54) is 4.31 Å². The van der Waals surface area contributed by atoms with E-state index in [-0.39, 0.29) is 38.7 Å². The molecule has 1 heterocycles. The summed E-state index contributed by atoms with van der Waals surface area (Å²) in [7, 11) is -3.62. The van der Waals surface area contributed by atoms with Crippen molar-refractivity contribution in [2.24, 2.45) is 0 Å². The van der Waals surface area contributed by atoms with Crippen LogP contribution < -0.4 is 0 Å². The Balaban J connectivity index is 1.54. The quantitative estimate of drug-likeness (QED) is 0.596. The van der Waals surface area contributed by atoms with Gasteiger partial charge in [0.25, 0.3) is 5.91 Å². The number of hydrogen-bond donors (Lipinski definition) is 0. The van der Waals surface area contributed by atoms with Gasteiger partial charge >= 0.3 is 5.97 Å². The molecular formula is C24H30N2O5S. The number of carbonyl (C=O) groups is 2. The molecule has 0 aliphatic carbocycles. The zero-order chi connectivity index (χ0) is 23.3. The van der Waals surface area contributed by atoms with Crippen LogP contribution in [0.5, 0.6) is 0 Å². The van der Waals surface area contributed by atoms with Crippen molar-refractivity contribution in [3.63, 3.8) is 0 Å². The van der Waals surface area contributed by atoms with Gasteiger partial charge in [-0.3, -0.25) is 9.59 Å². The standard InChI is InChI=1S/C24H30N2O5S/c1-4-21(20-8-6-5-7-9-20)24(28)31-17-23(27)25-12-14-26(15-13-25)32(29,30)22-11-10-18(2)16-19(22)3/h5-11,16,21H,4,12-15,17H2,1-3H3/t21-/m0/s1. The molecular weight excluding hydrogens is 428 g/mol. The molecule has 0 bridgehead atoms. The molecule has 1 aliphatic heterocycles. The van der Waals surface area contributed by atoms with E-state index in [0.29, 0.717) is 16.9 Å². The van der Waals surface area contributed by atoms with Gasteiger partial charge in [0.15, 0.2) is 6.61 Å². The van der Waals surface area contributed by atoms with Crippen LogP contribution >= 0.6 is 0 Å². The van der Waals surface area contributed by atoms with Gasteiger partial charge in [0.05, 0.1) is 10.8 Å². The Bertz CT molecular complexity index is 1060. The number of sulfonamides is 1. The SMILES string of the molecule is CC[C@H](C(=O)OCC(=O)N1CCN(S(=O)(=O)c2ccc(C)cc2C)CC1)c1ccccc1. The van der Waals surface area contributed by atoms with Gasteiger partial charge in [-0.2, -0.15) is 4.31 Å². The predicted molar refractivity (Wildman–Crippen MR) is 122 cm³/mol. The summed E-state index contributed by atoms with van der Waals surface area (Å²) in [4.78, 5) is 26.9. The van der Waals surface area contributed by atoms with Crippen LogP contribution in [0.25, 0.3) is 0 Å². The van der Waals surface area contributed by atoms with E-state index in [0.717, 1.165) is 11.1 Å². The normalized spacial score (nSPS) is 15.9. The number of benzene rings is 2. The highest BCUT2D eigenvalue weighted by molar-refractivity contribution is 7.89. The maximum atomic E-state index is 13.0. The van der Waals surface area contributed by atoms with E-state index in [2.05, 4.69) is 0 Å². The molecule has 2 aromatic rings. The monoisotopic (exact) mass is 458 g/mol. The van der Waals surface area contributed by atoms with Crippen LogP contribution in [0, 0.1) is 13.8 Å². The van der Waals surface area contributed by atoms with Crippen molar-refractivity contribution < 1.29 is 22.7 Å². The fourth-order valence-corrected chi connectivity index (χ4v) is 5.58. The number of rotatable bonds is 7. The first-order chi connectivity index (χ1) is 15.2. The summed E-state index contributed by atoms with van der Waals surface area (Å²) in [5.74, 6) is -1.16. The number of carbonyl (C=O) groups excluding carboxylic acids is 2. The molecule has 0 saturated carbocycles. The van der Waals surface area contributed by atoms with Crippen molar-refractivity contribution in [2.45, 2.75) is 38.0 Å². The number of aryl methyl sites for hydroxylation is 2. The molecule has 1 amide bonds. The van der Waals surface area contributed by atoms with Gasteiger partial charge in [0.2, 0.25) is 10.0 Å². The van der Waals surface area contributed by atoms with Crippen molar-refractivity contribution in [2.75, 3.05) is 32.8 Å². The van der Waals surface area contributed by atoms with E-state index in [1.54, 1.807) is 24.0 Å². The van der Waals surface area contributed by atoms with Crippen molar-refractivity contribution in [3.8, 4) is 0 Å². The summed E-state index contributed by atoms with van der Waals surface area (Å²) < 4.78 is 32.7. The Morgan fingerprint density at radius 1 is 1.00 bits per heavy atom. The second kappa shape index (κ2) is 10.3. The third kappa shape index (κ3) is 5.37. The molecule has 2 aromatic carbocycles. The summed E-state index contributed by atoms with van der Waals surface area (Å²) in [6.07, 6.45) is 0.575. The van der Waals surface area contributed by atoms with Gasteiger partial charge in [-0.15, -0.1) is 0 Å². The van der Waals surface area contributed by atoms with Crippen LogP contribution in [0.2, 0.25) is 0 Å². The van der Waals surface area contributed by atoms with Crippen molar-refractivity contribution in [1.29, 1.82) is 0 Å². The van der Waals surface area contributed by atoms with Crippen LogP contribution in [0.15, 0.2) is 53.4 Å². The second-order valence-electron chi connectivity index (χ2n) is 8.03. The first kappa shape index (κ1) is 23.9. The lowest BCUT2D eigenvalue weighted by molar-refractivity contribution is -0.153. The molecule has 0 N–H and O–H groups in total. The number of esters is 1. The van der Waals surface area contributed by atoms with Gasteiger partial charge < -0.3 is 9.64 Å². The molecule has 0 spiro atoms. The van der Waals surface area contributed by atoms with Crippen LogP contribution in [0.1, 0.15) is 36.0 Å². The van der Waals surface area contributed by atoms with Gasteiger partial charge in [-0.25, -0.2) is 8.42 Å². The van der Waals surface area contributed by atoms with E-state index in [9.17, 15) is 18.0 Å². The number of piperazine rings is 1. The number of amides is 1. The van der Waals surface area contributed by atoms with E-state index >= 15 is 0 Å². The molecule has 1 aliphatic rings. The lowest BCUT2D eigenvalue weighted by Gasteiger charge is -2.34. The average Bonchev–Trinajstić information content (AvgIpc) is 2.78. The fourth-order valence-electron chi connectivity index (χ4n) is 3.95. The lowest BCUT2D eigenvalue weighted by Crippen LogP contribution is -2.51. The van der Waals surface area contributed by atoms with Crippen LogP contribution in [0.3, 0.4) is 0 Å². The second-order valence-corrected chi connectivity index (χ2v) is 9.94. The van der Waals surface area contributed by atoms with E-state index < -0.39 is 21.9 Å². The van der Waals surface area contributed by atoms with Gasteiger partial charge in [0, 0.05) is 26.2 Å². The highest BCUT2D eigenvalue weighted by Crippen LogP contribution is 2.23. The van der Waals surface area contributed by atoms with Crippen LogP contribution in [-0.2, 0) is 24.3 Å². The minimum atomic E-state index is -3.62. The molecule has 8 heteroatoms. The molecule has 0 aromatic heterocycles. The lowest BCUT2D eigenvalue weighted by atomic mass is 9.97. The summed E-state index contributed by atoms with van der Waals surface area (Å²) in [6, 6.07) is 14.6. The van der Waals surface area contributed by atoms with Crippen molar-refractivity contribution in [1.82, 2.24) is 9.21 Å². The fraction of sp³-hybridized carbons (Fsp3) is 0.417. The molecule has 7 nitrogen and oxygen atoms in total. The minimum Gasteiger partial charge on any atom is -0.455 e. The average molecular weight is 459 g/mol. The molecule has 0 radical (unpaired) electrons. The third-order valence-electron chi connectivity index (χ3n) is 5.77. The summed E-state index contributed by atoms with van der Waals surface area (Å²) in [5, 5.41) is 0. The highest BCUT2D eigenvalue weighted by Gasteiger charge is 2.31. The molecule has 0 unspecified atom stereocenters. The maximum Gasteiger partial charge on any atom is 0.313 e.